The number of benzene rings is 2. The number of hydrogen-bond donors (Lipinski definition) is 0. The number of rotatable bonds is 5. The van der Waals surface area contributed by atoms with Gasteiger partial charge < -0.3 is 14.8 Å². The molecule has 38 heavy (non-hydrogen) atoms. The zero-order valence-corrected chi connectivity index (χ0v) is 21.9. The Labute approximate surface area is 224 Å². The molecule has 8 nitrogen and oxygen atoms in total. The molecule has 1 aliphatic heterocycles. The largest absolute Gasteiger partial charge is 0.876 e. The predicted molar refractivity (Wildman–Crippen MR) is 144 cm³/mol. The minimum absolute atomic E-state index is 0.224. The zero-order valence-electron chi connectivity index (χ0n) is 21.1. The Morgan fingerprint density at radius 2 is 1.92 bits per heavy atom. The fourth-order valence-corrected chi connectivity index (χ4v) is 5.24. The van der Waals surface area contributed by atoms with Crippen molar-refractivity contribution in [2.24, 2.45) is 0 Å². The molecule has 0 spiro atoms. The molecule has 2 aromatic heterocycles. The van der Waals surface area contributed by atoms with Gasteiger partial charge in [-0.2, -0.15) is 6.07 Å². The molecule has 0 unspecified atom stereocenters. The number of aromatic nitrogens is 2. The van der Waals surface area contributed by atoms with Gasteiger partial charge in [0.2, 0.25) is 16.6 Å². The number of ether oxygens (including phenoxy) is 1. The number of amides is 2. The number of carbonyl (C=O) groups is 2. The minimum atomic E-state index is -0.361. The molecule has 192 valence electrons. The lowest BCUT2D eigenvalue weighted by Gasteiger charge is -2.26. The van der Waals surface area contributed by atoms with Gasteiger partial charge in [0, 0.05) is 13.1 Å². The maximum absolute atomic E-state index is 13.9. The van der Waals surface area contributed by atoms with Crippen LogP contribution in [0.4, 0.5) is 4.79 Å². The Balaban J connectivity index is 1.57. The molecule has 1 aliphatic rings. The van der Waals surface area contributed by atoms with Gasteiger partial charge in [-0.3, -0.25) is 14.6 Å². The summed E-state index contributed by atoms with van der Waals surface area (Å²) in [4.78, 5) is 32.7. The third-order valence-electron chi connectivity index (χ3n) is 6.04. The van der Waals surface area contributed by atoms with Crippen molar-refractivity contribution in [1.29, 1.82) is 0 Å². The van der Waals surface area contributed by atoms with Gasteiger partial charge in [0.1, 0.15) is 6.61 Å². The van der Waals surface area contributed by atoms with Crippen LogP contribution in [-0.4, -0.2) is 46.2 Å². The second-order valence-electron chi connectivity index (χ2n) is 8.89. The molecule has 0 N–H and O–H groups in total. The number of allylic oxidation sites excluding steroid dienone is 1. The first-order valence-corrected chi connectivity index (χ1v) is 12.8. The summed E-state index contributed by atoms with van der Waals surface area (Å²) in [5.41, 5.74) is 2.82. The Morgan fingerprint density at radius 1 is 1.13 bits per heavy atom. The van der Waals surface area contributed by atoms with Crippen LogP contribution in [0.1, 0.15) is 23.6 Å². The van der Waals surface area contributed by atoms with E-state index in [0.29, 0.717) is 34.2 Å². The Morgan fingerprint density at radius 3 is 2.61 bits per heavy atom. The van der Waals surface area contributed by atoms with Gasteiger partial charge in [0.25, 0.3) is 0 Å². The molecular formula is C29H25N4O4S-. The van der Waals surface area contributed by atoms with E-state index in [0.717, 1.165) is 11.1 Å². The number of carbonyl (C=O) groups excluding carboxylic acids is 2. The maximum Gasteiger partial charge on any atom is 0.441 e. The highest BCUT2D eigenvalue weighted by atomic mass is 32.1. The summed E-state index contributed by atoms with van der Waals surface area (Å²) in [7, 11) is 3.29. The van der Waals surface area contributed by atoms with Crippen LogP contribution in [0.25, 0.3) is 16.7 Å². The third-order valence-corrected chi connectivity index (χ3v) is 7.02. The van der Waals surface area contributed by atoms with E-state index in [4.69, 9.17) is 4.74 Å². The van der Waals surface area contributed by atoms with Gasteiger partial charge in [-0.05, 0) is 17.8 Å². The van der Waals surface area contributed by atoms with Gasteiger partial charge >= 0.3 is 6.03 Å². The van der Waals surface area contributed by atoms with Crippen molar-refractivity contribution in [3.05, 3.63) is 107 Å². The van der Waals surface area contributed by atoms with E-state index in [1.165, 1.54) is 38.8 Å². The van der Waals surface area contributed by atoms with E-state index in [1.54, 1.807) is 56.1 Å². The number of nitrogens with zero attached hydrogens (tertiary/aromatic N) is 4. The SMILES string of the molecule is CC(=O)N1C(=C([O-])c2c[n+](C(=O)N(C)C)[c-]3cc(OCc4ccccc4)ccc23)C=[S+][C-]1c1cccnc1. The van der Waals surface area contributed by atoms with Gasteiger partial charge in [-0.1, -0.05) is 59.1 Å². The monoisotopic (exact) mass is 525 g/mol. The smallest absolute Gasteiger partial charge is 0.441 e. The fraction of sp³-hybridized carbons (Fsp3) is 0.138. The maximum atomic E-state index is 13.9. The van der Waals surface area contributed by atoms with Crippen LogP contribution >= 0.6 is 0 Å². The number of pyridine rings is 1. The van der Waals surface area contributed by atoms with Crippen molar-refractivity contribution >= 4 is 45.3 Å². The molecule has 2 aromatic carbocycles. The molecule has 0 saturated heterocycles. The van der Waals surface area contributed by atoms with E-state index in [-0.39, 0.29) is 23.4 Å². The topological polar surface area (TPSA) is 89.7 Å². The first-order chi connectivity index (χ1) is 18.3. The second kappa shape index (κ2) is 10.4. The van der Waals surface area contributed by atoms with E-state index in [9.17, 15) is 14.7 Å². The highest BCUT2D eigenvalue weighted by Crippen LogP contribution is 2.33. The van der Waals surface area contributed by atoms with Gasteiger partial charge in [0.05, 0.1) is 31.1 Å². The van der Waals surface area contributed by atoms with Crippen LogP contribution in [0.15, 0.2) is 85.0 Å². The standard InChI is InChI=1S/C29H26N4O4S/c1-19(34)33-26(18-38-28(33)21-10-7-13-30-15-21)27(35)24-16-32(29(36)31(2)3)25-14-22(11-12-23(24)25)37-17-20-8-5-4-6-9-20/h4-16,18,35H,17H2,1-3H3/p-1. The van der Waals surface area contributed by atoms with Crippen molar-refractivity contribution in [3.8, 4) is 5.75 Å². The van der Waals surface area contributed by atoms with E-state index >= 15 is 0 Å². The Hall–Kier alpha value is -4.63. The molecule has 2 amide bonds. The van der Waals surface area contributed by atoms with Crippen molar-refractivity contribution in [2.75, 3.05) is 14.1 Å². The molecule has 0 radical (unpaired) electrons. The van der Waals surface area contributed by atoms with Crippen molar-refractivity contribution < 1.29 is 24.0 Å². The molecule has 3 heterocycles. The van der Waals surface area contributed by atoms with E-state index < -0.39 is 0 Å². The van der Waals surface area contributed by atoms with Gasteiger partial charge in [-0.25, -0.2) is 9.36 Å². The second-order valence-corrected chi connectivity index (χ2v) is 9.75. The minimum Gasteiger partial charge on any atom is -0.876 e. The molecular weight excluding hydrogens is 500 g/mol. The van der Waals surface area contributed by atoms with Crippen LogP contribution in [-0.2, 0) is 22.8 Å². The Bertz CT molecular complexity index is 1560. The lowest BCUT2D eigenvalue weighted by Crippen LogP contribution is -2.48. The summed E-state index contributed by atoms with van der Waals surface area (Å²) in [5.74, 6) is -0.0857. The van der Waals surface area contributed by atoms with Crippen molar-refractivity contribution in [2.45, 2.75) is 13.5 Å². The summed E-state index contributed by atoms with van der Waals surface area (Å²) in [6, 6.07) is 18.4. The molecule has 0 bridgehead atoms. The summed E-state index contributed by atoms with van der Waals surface area (Å²) in [6.45, 7) is 1.78. The number of fused-ring (bicyclic) bond motifs is 1. The predicted octanol–water partition coefficient (Wildman–Crippen LogP) is 2.66. The molecule has 4 aromatic rings. The van der Waals surface area contributed by atoms with Crippen LogP contribution in [0.5, 0.6) is 5.75 Å². The average Bonchev–Trinajstić information content (AvgIpc) is 3.54. The summed E-state index contributed by atoms with van der Waals surface area (Å²) >= 11 is 1.29. The van der Waals surface area contributed by atoms with E-state index in [2.05, 4.69) is 4.98 Å². The van der Waals surface area contributed by atoms with Gasteiger partial charge in [-0.15, -0.1) is 17.9 Å². The molecule has 0 atom stereocenters. The van der Waals surface area contributed by atoms with Crippen LogP contribution in [0, 0.1) is 5.37 Å². The lowest BCUT2D eigenvalue weighted by atomic mass is 10.1. The normalized spacial score (nSPS) is 14.2. The highest BCUT2D eigenvalue weighted by Gasteiger charge is 2.35. The average molecular weight is 526 g/mol. The van der Waals surface area contributed by atoms with Crippen LogP contribution in [0.3, 0.4) is 0 Å². The third kappa shape index (κ3) is 4.71. The first kappa shape index (κ1) is 25.0. The summed E-state index contributed by atoms with van der Waals surface area (Å²) in [5, 5.41) is 16.7. The first-order valence-electron chi connectivity index (χ1n) is 11.9. The van der Waals surface area contributed by atoms with Crippen LogP contribution < -0.4 is 14.4 Å². The summed E-state index contributed by atoms with van der Waals surface area (Å²) in [6.07, 6.45) is 4.83. The Kier molecular flexibility index (Phi) is 6.85. The molecule has 9 heteroatoms. The van der Waals surface area contributed by atoms with Crippen molar-refractivity contribution in [3.63, 3.8) is 0 Å². The number of hydrogen-bond acceptors (Lipinski definition) is 5. The quantitative estimate of drug-likeness (QED) is 0.0998. The van der Waals surface area contributed by atoms with Crippen molar-refractivity contribution in [1.82, 2.24) is 14.8 Å². The fourth-order valence-electron chi connectivity index (χ4n) is 4.21. The zero-order chi connectivity index (χ0) is 26.8. The lowest BCUT2D eigenvalue weighted by molar-refractivity contribution is -0.547. The van der Waals surface area contributed by atoms with E-state index in [1.807, 2.05) is 36.4 Å². The molecule has 0 fully saturated rings. The van der Waals surface area contributed by atoms with Crippen LogP contribution in [0.2, 0.25) is 0 Å². The highest BCUT2D eigenvalue weighted by molar-refractivity contribution is 7.81. The molecule has 0 saturated carbocycles. The summed E-state index contributed by atoms with van der Waals surface area (Å²) < 4.78 is 7.41. The molecule has 0 aliphatic carbocycles. The van der Waals surface area contributed by atoms with Gasteiger partial charge in [0.15, 0.2) is 11.4 Å². The molecule has 5 rings (SSSR count).